The van der Waals surface area contributed by atoms with Crippen LogP contribution in [0.1, 0.15) is 25.0 Å². The normalized spacial score (nSPS) is 11.3. The molecule has 0 spiro atoms. The molecule has 0 unspecified atom stereocenters. The zero-order valence-electron chi connectivity index (χ0n) is 12.9. The topological polar surface area (TPSA) is 44.7 Å². The summed E-state index contributed by atoms with van der Waals surface area (Å²) in [6.07, 6.45) is 1.91. The van der Waals surface area contributed by atoms with Crippen molar-refractivity contribution in [3.63, 3.8) is 0 Å². The van der Waals surface area contributed by atoms with Gasteiger partial charge in [0.05, 0.1) is 5.69 Å². The van der Waals surface area contributed by atoms with Crippen LogP contribution in [0.4, 0.5) is 10.5 Å². The van der Waals surface area contributed by atoms with Crippen LogP contribution in [0.25, 0.3) is 0 Å². The van der Waals surface area contributed by atoms with Crippen molar-refractivity contribution in [2.75, 3.05) is 19.3 Å². The van der Waals surface area contributed by atoms with E-state index in [1.807, 2.05) is 52.1 Å². The smallest absolute Gasteiger partial charge is 0.323 e. The van der Waals surface area contributed by atoms with E-state index in [1.54, 1.807) is 4.90 Å². The maximum Gasteiger partial charge on any atom is 0.323 e. The largest absolute Gasteiger partial charge is 0.325 e. The summed E-state index contributed by atoms with van der Waals surface area (Å²) in [4.78, 5) is 18.4. The third kappa shape index (κ3) is 4.27. The molecule has 0 radical (unpaired) electrons. The van der Waals surface area contributed by atoms with E-state index in [2.05, 4.69) is 10.3 Å². The molecule has 0 atom stereocenters. The summed E-state index contributed by atoms with van der Waals surface area (Å²) in [7, 11) is 0. The van der Waals surface area contributed by atoms with Gasteiger partial charge in [0.25, 0.3) is 0 Å². The van der Waals surface area contributed by atoms with Gasteiger partial charge in [-0.3, -0.25) is 5.32 Å². The fourth-order valence-corrected chi connectivity index (χ4v) is 2.26. The van der Waals surface area contributed by atoms with Crippen molar-refractivity contribution >= 4 is 28.6 Å². The van der Waals surface area contributed by atoms with Gasteiger partial charge in [-0.05, 0) is 45.1 Å². The Morgan fingerprint density at radius 1 is 1.25 bits per heavy atom. The summed E-state index contributed by atoms with van der Waals surface area (Å²) in [5.74, 6) is 0. The van der Waals surface area contributed by atoms with Crippen molar-refractivity contribution in [3.05, 3.63) is 29.3 Å². The highest BCUT2D eigenvalue weighted by molar-refractivity contribution is 8.13. The first-order chi connectivity index (χ1) is 9.53. The van der Waals surface area contributed by atoms with Crippen LogP contribution in [0.5, 0.6) is 0 Å². The molecule has 0 heterocycles. The summed E-state index contributed by atoms with van der Waals surface area (Å²) in [5.41, 5.74) is 3.14. The molecule has 4 nitrogen and oxygen atoms in total. The molecule has 1 aromatic rings. The van der Waals surface area contributed by atoms with Crippen LogP contribution in [0.15, 0.2) is 23.2 Å². The number of carbonyl (C=O) groups is 1. The van der Waals surface area contributed by atoms with Crippen molar-refractivity contribution in [2.45, 2.75) is 27.7 Å². The minimum Gasteiger partial charge on any atom is -0.325 e. The Balaban J connectivity index is 2.96. The van der Waals surface area contributed by atoms with Crippen LogP contribution in [0.3, 0.4) is 0 Å². The van der Waals surface area contributed by atoms with Crippen molar-refractivity contribution in [2.24, 2.45) is 4.99 Å². The van der Waals surface area contributed by atoms with Gasteiger partial charge in [-0.15, -0.1) is 0 Å². The number of aliphatic imine (C=N–C) groups is 1. The molecule has 0 aromatic heterocycles. The van der Waals surface area contributed by atoms with E-state index >= 15 is 0 Å². The fourth-order valence-electron chi connectivity index (χ4n) is 1.89. The molecule has 1 N–H and O–H groups in total. The number of nitrogens with zero attached hydrogens (tertiary/aromatic N) is 2. The lowest BCUT2D eigenvalue weighted by molar-refractivity contribution is 0.209. The Hall–Kier alpha value is -1.49. The number of urea groups is 1. The lowest BCUT2D eigenvalue weighted by Crippen LogP contribution is -2.41. The van der Waals surface area contributed by atoms with Crippen LogP contribution in [-0.2, 0) is 0 Å². The molecular formula is C15H23N3OS. The van der Waals surface area contributed by atoms with Gasteiger partial charge >= 0.3 is 6.03 Å². The number of hydrogen-bond donors (Lipinski definition) is 1. The molecule has 110 valence electrons. The first kappa shape index (κ1) is 16.6. The molecular weight excluding hydrogens is 270 g/mol. The molecule has 0 fully saturated rings. The Kier molecular flexibility index (Phi) is 6.58. The van der Waals surface area contributed by atoms with Gasteiger partial charge in [0.1, 0.15) is 0 Å². The molecule has 1 rings (SSSR count). The molecule has 20 heavy (non-hydrogen) atoms. The fraction of sp³-hybridized carbons (Fsp3) is 0.467. The number of para-hydroxylation sites is 1. The Bertz CT molecular complexity index is 476. The van der Waals surface area contributed by atoms with Crippen LogP contribution < -0.4 is 5.32 Å². The zero-order chi connectivity index (χ0) is 15.1. The molecule has 5 heteroatoms. The lowest BCUT2D eigenvalue weighted by Gasteiger charge is -2.19. The van der Waals surface area contributed by atoms with Gasteiger partial charge in [-0.1, -0.05) is 30.0 Å². The minimum absolute atomic E-state index is 0.102. The minimum atomic E-state index is -0.102. The van der Waals surface area contributed by atoms with E-state index in [0.717, 1.165) is 16.8 Å². The highest BCUT2D eigenvalue weighted by Gasteiger charge is 2.12. The summed E-state index contributed by atoms with van der Waals surface area (Å²) in [6.45, 7) is 9.35. The van der Waals surface area contributed by atoms with Crippen molar-refractivity contribution < 1.29 is 4.79 Å². The van der Waals surface area contributed by atoms with Crippen molar-refractivity contribution in [1.82, 2.24) is 10.2 Å². The number of carbonyl (C=O) groups excluding carboxylic acids is 1. The van der Waals surface area contributed by atoms with Crippen LogP contribution in [0.2, 0.25) is 0 Å². The summed E-state index contributed by atoms with van der Waals surface area (Å²) in [5, 5.41) is 3.50. The number of nitrogens with one attached hydrogen (secondary N) is 1. The van der Waals surface area contributed by atoms with E-state index in [1.165, 1.54) is 11.8 Å². The quantitative estimate of drug-likeness (QED) is 0.682. The molecule has 0 aliphatic heterocycles. The second kappa shape index (κ2) is 7.94. The van der Waals surface area contributed by atoms with Gasteiger partial charge in [0, 0.05) is 13.1 Å². The Labute approximate surface area is 125 Å². The number of amidine groups is 1. The molecule has 1 aromatic carbocycles. The third-order valence-electron chi connectivity index (χ3n) is 3.11. The monoisotopic (exact) mass is 293 g/mol. The Morgan fingerprint density at radius 3 is 2.25 bits per heavy atom. The van der Waals surface area contributed by atoms with Crippen LogP contribution in [-0.4, -0.2) is 35.4 Å². The molecule has 0 bridgehead atoms. The zero-order valence-corrected chi connectivity index (χ0v) is 13.7. The summed E-state index contributed by atoms with van der Waals surface area (Å²) < 4.78 is 0. The van der Waals surface area contributed by atoms with E-state index in [9.17, 15) is 4.79 Å². The van der Waals surface area contributed by atoms with Crippen LogP contribution >= 0.6 is 11.8 Å². The maximum absolute atomic E-state index is 12.1. The first-order valence-corrected chi connectivity index (χ1v) is 8.00. The van der Waals surface area contributed by atoms with Gasteiger partial charge in [0.2, 0.25) is 0 Å². The predicted octanol–water partition coefficient (Wildman–Crippen LogP) is 3.71. The van der Waals surface area contributed by atoms with Gasteiger partial charge in [0.15, 0.2) is 5.17 Å². The SMILES string of the molecule is CCN(CC)C(=O)NC(=Nc1c(C)cccc1C)SC. The Morgan fingerprint density at radius 2 is 1.80 bits per heavy atom. The predicted molar refractivity (Wildman–Crippen MR) is 88.0 cm³/mol. The number of amides is 2. The third-order valence-corrected chi connectivity index (χ3v) is 3.69. The second-order valence-electron chi connectivity index (χ2n) is 4.46. The molecule has 0 aliphatic carbocycles. The number of aryl methyl sites for hydroxylation is 2. The number of hydrogen-bond acceptors (Lipinski definition) is 3. The number of rotatable bonds is 3. The standard InChI is InChI=1S/C15H23N3OS/c1-6-18(7-2)15(19)17-14(20-5)16-13-11(3)9-8-10-12(13)4/h8-10H,6-7H2,1-5H3,(H,16,17,19). The average molecular weight is 293 g/mol. The second-order valence-corrected chi connectivity index (χ2v) is 5.26. The first-order valence-electron chi connectivity index (χ1n) is 6.78. The van der Waals surface area contributed by atoms with E-state index in [-0.39, 0.29) is 6.03 Å². The maximum atomic E-state index is 12.1. The van der Waals surface area contributed by atoms with Gasteiger partial charge in [-0.2, -0.15) is 0 Å². The molecule has 2 amide bonds. The lowest BCUT2D eigenvalue weighted by atomic mass is 10.1. The highest BCUT2D eigenvalue weighted by Crippen LogP contribution is 2.24. The van der Waals surface area contributed by atoms with E-state index in [0.29, 0.717) is 18.3 Å². The molecule has 0 saturated carbocycles. The summed E-state index contributed by atoms with van der Waals surface area (Å²) in [6, 6.07) is 5.96. The van der Waals surface area contributed by atoms with E-state index < -0.39 is 0 Å². The van der Waals surface area contributed by atoms with Crippen LogP contribution in [0, 0.1) is 13.8 Å². The highest BCUT2D eigenvalue weighted by atomic mass is 32.2. The molecule has 0 aliphatic rings. The number of thioether (sulfide) groups is 1. The van der Waals surface area contributed by atoms with E-state index in [4.69, 9.17) is 0 Å². The van der Waals surface area contributed by atoms with Gasteiger partial charge < -0.3 is 4.90 Å². The number of benzene rings is 1. The van der Waals surface area contributed by atoms with Crippen molar-refractivity contribution in [3.8, 4) is 0 Å². The molecule has 0 saturated heterocycles. The van der Waals surface area contributed by atoms with Crippen molar-refractivity contribution in [1.29, 1.82) is 0 Å². The average Bonchev–Trinajstić information content (AvgIpc) is 2.43. The summed E-state index contributed by atoms with van der Waals surface area (Å²) >= 11 is 1.44. The van der Waals surface area contributed by atoms with Gasteiger partial charge in [-0.25, -0.2) is 9.79 Å².